The molecule has 0 saturated heterocycles. The van der Waals surface area contributed by atoms with Crippen LogP contribution in [0.1, 0.15) is 6.92 Å². The van der Waals surface area contributed by atoms with Crippen molar-refractivity contribution >= 4 is 11.5 Å². The number of aliphatic hydroxyl groups is 3. The van der Waals surface area contributed by atoms with Crippen LogP contribution in [0.25, 0.3) is 0 Å². The zero-order valence-electron chi connectivity index (χ0n) is 9.85. The van der Waals surface area contributed by atoms with Gasteiger partial charge in [-0.15, -0.1) is 0 Å². The summed E-state index contributed by atoms with van der Waals surface area (Å²) in [5.41, 5.74) is -0.446. The predicted molar refractivity (Wildman–Crippen MR) is 66.0 cm³/mol. The van der Waals surface area contributed by atoms with Gasteiger partial charge in [0.05, 0.1) is 19.8 Å². The van der Waals surface area contributed by atoms with Crippen LogP contribution in [0.15, 0.2) is 18.3 Å². The van der Waals surface area contributed by atoms with Crippen molar-refractivity contribution < 1.29 is 15.3 Å². The summed E-state index contributed by atoms with van der Waals surface area (Å²) < 4.78 is 0. The molecule has 6 nitrogen and oxygen atoms in total. The van der Waals surface area contributed by atoms with Gasteiger partial charge in [0.1, 0.15) is 11.4 Å². The Hall–Kier alpha value is -1.37. The molecular formula is C11H19N3O3. The summed E-state index contributed by atoms with van der Waals surface area (Å²) in [4.78, 5) is 4.10. The van der Waals surface area contributed by atoms with Gasteiger partial charge in [-0.1, -0.05) is 0 Å². The first-order valence-corrected chi connectivity index (χ1v) is 5.50. The second kappa shape index (κ2) is 6.39. The minimum absolute atomic E-state index is 0.362. The second-order valence-electron chi connectivity index (χ2n) is 3.84. The minimum Gasteiger partial charge on any atom is -0.394 e. The fourth-order valence-corrected chi connectivity index (χ4v) is 1.36. The molecule has 0 aromatic carbocycles. The molecule has 1 aromatic heterocycles. The number of nitrogens with one attached hydrogen (secondary N) is 2. The van der Waals surface area contributed by atoms with Gasteiger partial charge in [0.15, 0.2) is 0 Å². The number of anilines is 2. The summed E-state index contributed by atoms with van der Waals surface area (Å²) in [6.07, 6.45) is 1.61. The molecule has 5 N–H and O–H groups in total. The number of aliphatic hydroxyl groups excluding tert-OH is 3. The SMILES string of the molecule is CCNc1cc(NC(CO)(CO)CO)ccn1. The first-order chi connectivity index (χ1) is 8.19. The monoisotopic (exact) mass is 241 g/mol. The summed E-state index contributed by atoms with van der Waals surface area (Å²) in [6, 6.07) is 3.45. The van der Waals surface area contributed by atoms with Crippen molar-refractivity contribution in [1.29, 1.82) is 0 Å². The highest BCUT2D eigenvalue weighted by Crippen LogP contribution is 2.17. The van der Waals surface area contributed by atoms with Crippen molar-refractivity contribution in [3.8, 4) is 0 Å². The standard InChI is InChI=1S/C11H19N3O3/c1-2-12-10-5-9(3-4-13-10)14-11(6-15,7-16)8-17/h3-5,15-17H,2,6-8H2,1H3,(H2,12,13,14). The Balaban J connectivity index is 2.82. The van der Waals surface area contributed by atoms with Gasteiger partial charge in [-0.3, -0.25) is 0 Å². The van der Waals surface area contributed by atoms with Gasteiger partial charge in [0.25, 0.3) is 0 Å². The predicted octanol–water partition coefficient (Wildman–Crippen LogP) is -0.359. The largest absolute Gasteiger partial charge is 0.394 e. The van der Waals surface area contributed by atoms with Gasteiger partial charge in [0, 0.05) is 24.5 Å². The Labute approximate surface area is 100 Å². The summed E-state index contributed by atoms with van der Waals surface area (Å²) >= 11 is 0. The molecular weight excluding hydrogens is 222 g/mol. The molecule has 0 radical (unpaired) electrons. The molecule has 1 rings (SSSR count). The van der Waals surface area contributed by atoms with Crippen LogP contribution in [-0.2, 0) is 0 Å². The zero-order chi connectivity index (χ0) is 12.7. The van der Waals surface area contributed by atoms with Gasteiger partial charge in [-0.05, 0) is 13.0 Å². The maximum atomic E-state index is 9.20. The lowest BCUT2D eigenvalue weighted by Gasteiger charge is -2.29. The van der Waals surface area contributed by atoms with Gasteiger partial charge in [0.2, 0.25) is 0 Å². The smallest absolute Gasteiger partial charge is 0.127 e. The van der Waals surface area contributed by atoms with E-state index in [1.807, 2.05) is 6.92 Å². The van der Waals surface area contributed by atoms with Gasteiger partial charge < -0.3 is 26.0 Å². The summed E-state index contributed by atoms with van der Waals surface area (Å²) in [5.74, 6) is 0.695. The van der Waals surface area contributed by atoms with Gasteiger partial charge in [-0.2, -0.15) is 0 Å². The third-order valence-corrected chi connectivity index (χ3v) is 2.44. The highest BCUT2D eigenvalue weighted by molar-refractivity contribution is 5.53. The van der Waals surface area contributed by atoms with E-state index in [0.29, 0.717) is 11.5 Å². The molecule has 0 amide bonds. The van der Waals surface area contributed by atoms with E-state index in [9.17, 15) is 15.3 Å². The number of nitrogens with zero attached hydrogens (tertiary/aromatic N) is 1. The van der Waals surface area contributed by atoms with Crippen LogP contribution in [0.5, 0.6) is 0 Å². The van der Waals surface area contributed by atoms with E-state index >= 15 is 0 Å². The quantitative estimate of drug-likeness (QED) is 0.447. The average molecular weight is 241 g/mol. The van der Waals surface area contributed by atoms with Crippen molar-refractivity contribution in [2.45, 2.75) is 12.5 Å². The highest BCUT2D eigenvalue weighted by Gasteiger charge is 2.27. The Morgan fingerprint density at radius 3 is 2.41 bits per heavy atom. The topological polar surface area (TPSA) is 97.6 Å². The molecule has 0 fully saturated rings. The van der Waals surface area contributed by atoms with Crippen LogP contribution in [0, 0.1) is 0 Å². The number of hydrogen-bond donors (Lipinski definition) is 5. The number of hydrogen-bond acceptors (Lipinski definition) is 6. The third kappa shape index (κ3) is 3.55. The lowest BCUT2D eigenvalue weighted by Crippen LogP contribution is -2.49. The van der Waals surface area contributed by atoms with Crippen LogP contribution >= 0.6 is 0 Å². The molecule has 0 saturated carbocycles. The molecule has 0 atom stereocenters. The Kier molecular flexibility index (Phi) is 5.14. The fraction of sp³-hybridized carbons (Fsp3) is 0.545. The Morgan fingerprint density at radius 2 is 1.88 bits per heavy atom. The van der Waals surface area contributed by atoms with E-state index in [-0.39, 0.29) is 19.8 Å². The maximum Gasteiger partial charge on any atom is 0.127 e. The normalized spacial score (nSPS) is 11.3. The molecule has 0 unspecified atom stereocenters. The Bertz CT molecular complexity index is 334. The molecule has 1 heterocycles. The van der Waals surface area contributed by atoms with Crippen molar-refractivity contribution in [3.63, 3.8) is 0 Å². The molecule has 17 heavy (non-hydrogen) atoms. The molecule has 0 aliphatic rings. The molecule has 0 bridgehead atoms. The average Bonchev–Trinajstić information content (AvgIpc) is 2.37. The van der Waals surface area contributed by atoms with Crippen LogP contribution < -0.4 is 10.6 Å². The number of aromatic nitrogens is 1. The summed E-state index contributed by atoms with van der Waals surface area (Å²) in [6.45, 7) is 1.62. The van der Waals surface area contributed by atoms with Crippen LogP contribution in [-0.4, -0.2) is 52.2 Å². The van der Waals surface area contributed by atoms with E-state index in [1.165, 1.54) is 0 Å². The highest BCUT2D eigenvalue weighted by atomic mass is 16.3. The molecule has 96 valence electrons. The van der Waals surface area contributed by atoms with E-state index in [0.717, 1.165) is 6.54 Å². The van der Waals surface area contributed by atoms with Crippen LogP contribution in [0.2, 0.25) is 0 Å². The van der Waals surface area contributed by atoms with E-state index in [1.54, 1.807) is 18.3 Å². The van der Waals surface area contributed by atoms with Gasteiger partial charge >= 0.3 is 0 Å². The molecule has 0 aliphatic carbocycles. The van der Waals surface area contributed by atoms with Crippen molar-refractivity contribution in [2.24, 2.45) is 0 Å². The van der Waals surface area contributed by atoms with Crippen molar-refractivity contribution in [1.82, 2.24) is 4.98 Å². The maximum absolute atomic E-state index is 9.20. The summed E-state index contributed by atoms with van der Waals surface area (Å²) in [7, 11) is 0. The van der Waals surface area contributed by atoms with Crippen LogP contribution in [0.4, 0.5) is 11.5 Å². The molecule has 0 aliphatic heterocycles. The third-order valence-electron chi connectivity index (χ3n) is 2.44. The molecule has 6 heteroatoms. The van der Waals surface area contributed by atoms with Crippen LogP contribution in [0.3, 0.4) is 0 Å². The van der Waals surface area contributed by atoms with Crippen molar-refractivity contribution in [3.05, 3.63) is 18.3 Å². The van der Waals surface area contributed by atoms with E-state index in [2.05, 4.69) is 15.6 Å². The fourth-order valence-electron chi connectivity index (χ4n) is 1.36. The second-order valence-corrected chi connectivity index (χ2v) is 3.84. The number of pyridine rings is 1. The van der Waals surface area contributed by atoms with E-state index < -0.39 is 5.54 Å². The first kappa shape index (κ1) is 13.7. The molecule has 0 spiro atoms. The first-order valence-electron chi connectivity index (χ1n) is 5.50. The number of rotatable bonds is 7. The van der Waals surface area contributed by atoms with Gasteiger partial charge in [-0.25, -0.2) is 4.98 Å². The lowest BCUT2D eigenvalue weighted by atomic mass is 10.0. The minimum atomic E-state index is -1.12. The Morgan fingerprint density at radius 1 is 1.24 bits per heavy atom. The molecule has 1 aromatic rings. The lowest BCUT2D eigenvalue weighted by molar-refractivity contribution is 0.0834. The van der Waals surface area contributed by atoms with Crippen molar-refractivity contribution in [2.75, 3.05) is 37.0 Å². The zero-order valence-corrected chi connectivity index (χ0v) is 9.85. The van der Waals surface area contributed by atoms with E-state index in [4.69, 9.17) is 0 Å². The summed E-state index contributed by atoms with van der Waals surface area (Å²) in [5, 5.41) is 33.5.